The Balaban J connectivity index is 1.39. The topological polar surface area (TPSA) is 61.4 Å². The van der Waals surface area contributed by atoms with Gasteiger partial charge in [-0.1, -0.05) is 6.92 Å². The number of carbonyl (C=O) groups is 1. The number of carbonyl (C=O) groups excluding carboxylic acids is 1. The summed E-state index contributed by atoms with van der Waals surface area (Å²) in [6.07, 6.45) is 7.25. The van der Waals surface area contributed by atoms with E-state index in [1.165, 1.54) is 30.8 Å². The second-order valence-electron chi connectivity index (χ2n) is 7.61. The third-order valence-corrected chi connectivity index (χ3v) is 6.91. The molecule has 0 bridgehead atoms. The predicted octanol–water partition coefficient (Wildman–Crippen LogP) is 2.68. The van der Waals surface area contributed by atoms with Gasteiger partial charge in [0.2, 0.25) is 5.91 Å². The average molecular weight is 388 g/mol. The second kappa shape index (κ2) is 8.52. The number of anilines is 1. The quantitative estimate of drug-likeness (QED) is 0.826. The fourth-order valence-corrected chi connectivity index (χ4v) is 5.12. The van der Waals surface area contributed by atoms with Crippen LogP contribution < -0.4 is 10.2 Å². The molecule has 0 aliphatic carbocycles. The molecule has 0 saturated carbocycles. The molecule has 1 atom stereocenters. The van der Waals surface area contributed by atoms with Crippen molar-refractivity contribution >= 4 is 33.3 Å². The number of amides is 1. The standard InChI is InChI=1S/C20H29N5OS/c1-2-16-12-17-18(22-14-23-20(17)27-16)25-10-5-6-15(13-25)19(26)21-7-11-24-8-3-4-9-24/h12,14-15H,2-11,13H2,1H3,(H,21,26)/t15-/m0/s1. The summed E-state index contributed by atoms with van der Waals surface area (Å²) in [6.45, 7) is 7.97. The van der Waals surface area contributed by atoms with Crippen LogP contribution in [0, 0.1) is 5.92 Å². The fraction of sp³-hybridized carbons (Fsp3) is 0.650. The molecule has 0 unspecified atom stereocenters. The second-order valence-corrected chi connectivity index (χ2v) is 8.72. The Morgan fingerprint density at radius 3 is 2.93 bits per heavy atom. The van der Waals surface area contributed by atoms with Crippen molar-refractivity contribution in [3.63, 3.8) is 0 Å². The Kier molecular flexibility index (Phi) is 5.88. The maximum absolute atomic E-state index is 12.7. The molecule has 0 radical (unpaired) electrons. The molecule has 2 aliphatic rings. The molecule has 7 heteroatoms. The zero-order valence-corrected chi connectivity index (χ0v) is 16.9. The summed E-state index contributed by atoms with van der Waals surface area (Å²) in [7, 11) is 0. The number of thiophene rings is 1. The van der Waals surface area contributed by atoms with Crippen LogP contribution in [0.3, 0.4) is 0 Å². The number of hydrogen-bond acceptors (Lipinski definition) is 6. The summed E-state index contributed by atoms with van der Waals surface area (Å²) in [4.78, 5) is 28.8. The minimum absolute atomic E-state index is 0.0478. The average Bonchev–Trinajstić information content (AvgIpc) is 3.37. The van der Waals surface area contributed by atoms with Gasteiger partial charge >= 0.3 is 0 Å². The van der Waals surface area contributed by atoms with Crippen LogP contribution in [-0.4, -0.2) is 60.0 Å². The van der Waals surface area contributed by atoms with E-state index in [0.29, 0.717) is 0 Å². The van der Waals surface area contributed by atoms with Crippen molar-refractivity contribution in [2.75, 3.05) is 44.2 Å². The van der Waals surface area contributed by atoms with Gasteiger partial charge in [0.15, 0.2) is 0 Å². The number of nitrogens with zero attached hydrogens (tertiary/aromatic N) is 4. The molecule has 2 fully saturated rings. The number of likely N-dealkylation sites (tertiary alicyclic amines) is 1. The summed E-state index contributed by atoms with van der Waals surface area (Å²) in [5.74, 6) is 1.24. The van der Waals surface area contributed by atoms with Gasteiger partial charge in [0.05, 0.1) is 11.3 Å². The Labute approximate surface area is 165 Å². The van der Waals surface area contributed by atoms with Gasteiger partial charge in [-0.2, -0.15) is 0 Å². The van der Waals surface area contributed by atoms with E-state index < -0.39 is 0 Å². The van der Waals surface area contributed by atoms with E-state index in [1.54, 1.807) is 17.7 Å². The molecule has 2 aliphatic heterocycles. The first-order valence-corrected chi connectivity index (χ1v) is 11.0. The monoisotopic (exact) mass is 387 g/mol. The normalized spacial score (nSPS) is 21.1. The highest BCUT2D eigenvalue weighted by atomic mass is 32.1. The minimum Gasteiger partial charge on any atom is -0.355 e. The van der Waals surface area contributed by atoms with Crippen molar-refractivity contribution in [2.45, 2.75) is 39.0 Å². The van der Waals surface area contributed by atoms with Crippen molar-refractivity contribution in [1.82, 2.24) is 20.2 Å². The first-order chi connectivity index (χ1) is 13.2. The zero-order valence-electron chi connectivity index (χ0n) is 16.1. The molecular weight excluding hydrogens is 358 g/mol. The number of fused-ring (bicyclic) bond motifs is 1. The van der Waals surface area contributed by atoms with E-state index in [-0.39, 0.29) is 11.8 Å². The van der Waals surface area contributed by atoms with E-state index in [4.69, 9.17) is 0 Å². The number of nitrogens with one attached hydrogen (secondary N) is 1. The highest BCUT2D eigenvalue weighted by Gasteiger charge is 2.27. The first-order valence-electron chi connectivity index (χ1n) is 10.2. The lowest BCUT2D eigenvalue weighted by Crippen LogP contribution is -2.44. The van der Waals surface area contributed by atoms with E-state index >= 15 is 0 Å². The summed E-state index contributed by atoms with van der Waals surface area (Å²) in [6, 6.07) is 2.22. The van der Waals surface area contributed by atoms with Crippen LogP contribution in [0.15, 0.2) is 12.4 Å². The van der Waals surface area contributed by atoms with Crippen molar-refractivity contribution in [3.05, 3.63) is 17.3 Å². The fourth-order valence-electron chi connectivity index (χ4n) is 4.19. The smallest absolute Gasteiger partial charge is 0.224 e. The largest absolute Gasteiger partial charge is 0.355 e. The lowest BCUT2D eigenvalue weighted by Gasteiger charge is -2.33. The molecule has 2 aromatic heterocycles. The van der Waals surface area contributed by atoms with Crippen LogP contribution in [-0.2, 0) is 11.2 Å². The highest BCUT2D eigenvalue weighted by molar-refractivity contribution is 7.18. The van der Waals surface area contributed by atoms with Crippen molar-refractivity contribution < 1.29 is 4.79 Å². The Morgan fingerprint density at radius 2 is 2.11 bits per heavy atom. The van der Waals surface area contributed by atoms with Crippen LogP contribution >= 0.6 is 11.3 Å². The predicted molar refractivity (Wildman–Crippen MR) is 110 cm³/mol. The summed E-state index contributed by atoms with van der Waals surface area (Å²) in [5.41, 5.74) is 0. The number of aryl methyl sites for hydroxylation is 1. The van der Waals surface area contributed by atoms with Gasteiger partial charge < -0.3 is 15.1 Å². The lowest BCUT2D eigenvalue weighted by molar-refractivity contribution is -0.125. The Hall–Kier alpha value is -1.73. The Morgan fingerprint density at radius 1 is 1.26 bits per heavy atom. The van der Waals surface area contributed by atoms with Gasteiger partial charge in [0.25, 0.3) is 0 Å². The number of rotatable bonds is 6. The first kappa shape index (κ1) is 18.6. The van der Waals surface area contributed by atoms with Crippen LogP contribution in [0.2, 0.25) is 0 Å². The van der Waals surface area contributed by atoms with Gasteiger partial charge in [-0.25, -0.2) is 9.97 Å². The van der Waals surface area contributed by atoms with Crippen LogP contribution in [0.1, 0.15) is 37.5 Å². The molecule has 4 heterocycles. The van der Waals surface area contributed by atoms with Crippen LogP contribution in [0.5, 0.6) is 0 Å². The molecule has 4 rings (SSSR count). The number of hydrogen-bond donors (Lipinski definition) is 1. The number of piperidine rings is 1. The van der Waals surface area contributed by atoms with Crippen molar-refractivity contribution in [2.24, 2.45) is 5.92 Å². The number of aromatic nitrogens is 2. The lowest BCUT2D eigenvalue weighted by atomic mass is 9.97. The summed E-state index contributed by atoms with van der Waals surface area (Å²) in [5, 5.41) is 4.30. The van der Waals surface area contributed by atoms with Crippen LogP contribution in [0.4, 0.5) is 5.82 Å². The van der Waals surface area contributed by atoms with Crippen molar-refractivity contribution in [3.8, 4) is 0 Å². The van der Waals surface area contributed by atoms with E-state index in [9.17, 15) is 4.79 Å². The van der Waals surface area contributed by atoms with Gasteiger partial charge in [0, 0.05) is 31.1 Å². The van der Waals surface area contributed by atoms with Crippen LogP contribution in [0.25, 0.3) is 10.2 Å². The van der Waals surface area contributed by atoms with E-state index in [2.05, 4.69) is 38.1 Å². The molecular formula is C20H29N5OS. The maximum atomic E-state index is 12.7. The Bertz CT molecular complexity index is 786. The van der Waals surface area contributed by atoms with Gasteiger partial charge in [-0.05, 0) is 51.3 Å². The van der Waals surface area contributed by atoms with E-state index in [1.807, 2.05) is 0 Å². The van der Waals surface area contributed by atoms with Crippen molar-refractivity contribution in [1.29, 1.82) is 0 Å². The highest BCUT2D eigenvalue weighted by Crippen LogP contribution is 2.32. The molecule has 1 N–H and O–H groups in total. The van der Waals surface area contributed by atoms with Gasteiger partial charge in [-0.3, -0.25) is 4.79 Å². The minimum atomic E-state index is 0.0478. The maximum Gasteiger partial charge on any atom is 0.224 e. The van der Waals surface area contributed by atoms with Gasteiger partial charge in [0.1, 0.15) is 17.0 Å². The SMILES string of the molecule is CCc1cc2c(N3CCC[C@H](C(=O)NCCN4CCCC4)C3)ncnc2s1. The molecule has 146 valence electrons. The molecule has 27 heavy (non-hydrogen) atoms. The molecule has 2 saturated heterocycles. The molecule has 2 aromatic rings. The molecule has 0 aromatic carbocycles. The molecule has 1 amide bonds. The summed E-state index contributed by atoms with van der Waals surface area (Å²) < 4.78 is 0. The third kappa shape index (κ3) is 4.24. The molecule has 6 nitrogen and oxygen atoms in total. The summed E-state index contributed by atoms with van der Waals surface area (Å²) >= 11 is 1.74. The van der Waals surface area contributed by atoms with Gasteiger partial charge in [-0.15, -0.1) is 11.3 Å². The molecule has 0 spiro atoms. The van der Waals surface area contributed by atoms with E-state index in [0.717, 1.165) is 61.5 Å². The third-order valence-electron chi connectivity index (χ3n) is 5.73. The zero-order chi connectivity index (χ0) is 18.6.